The summed E-state index contributed by atoms with van der Waals surface area (Å²) >= 11 is 11.2. The van der Waals surface area contributed by atoms with Crippen LogP contribution in [0.4, 0.5) is 0 Å². The summed E-state index contributed by atoms with van der Waals surface area (Å²) in [7, 11) is 0. The van der Waals surface area contributed by atoms with Crippen LogP contribution in [0.5, 0.6) is 11.6 Å². The first-order valence-electron chi connectivity index (χ1n) is 4.75. The molecule has 0 N–H and O–H groups in total. The van der Waals surface area contributed by atoms with E-state index in [4.69, 9.17) is 27.9 Å². The maximum absolute atomic E-state index is 11.1. The molecule has 0 spiro atoms. The maximum atomic E-state index is 11.1. The van der Waals surface area contributed by atoms with E-state index in [2.05, 4.69) is 4.98 Å². The molecule has 0 atom stereocenters. The minimum atomic E-state index is -0.616. The fourth-order valence-electron chi connectivity index (χ4n) is 1.26. The number of carbonyl (C=O) groups excluding carboxylic acids is 1. The normalized spacial score (nSPS) is 10.0. The van der Waals surface area contributed by atoms with Crippen molar-refractivity contribution in [1.29, 1.82) is 0 Å². The smallest absolute Gasteiger partial charge is 0.257 e. The summed E-state index contributed by atoms with van der Waals surface area (Å²) in [6.07, 6.45) is 1.52. The molecule has 0 saturated carbocycles. The van der Waals surface area contributed by atoms with Crippen LogP contribution < -0.4 is 4.74 Å². The third kappa shape index (κ3) is 2.96. The Morgan fingerprint density at radius 1 is 1.24 bits per heavy atom. The molecule has 3 nitrogen and oxygen atoms in total. The SMILES string of the molecule is O=C(Cl)c1cccnc1Oc1cccc(Cl)c1. The lowest BCUT2D eigenvalue weighted by Crippen LogP contribution is -1.97. The monoisotopic (exact) mass is 267 g/mol. The third-order valence-corrected chi connectivity index (χ3v) is 2.43. The second-order valence-electron chi connectivity index (χ2n) is 3.19. The number of carbonyl (C=O) groups is 1. The molecule has 86 valence electrons. The van der Waals surface area contributed by atoms with Crippen molar-refractivity contribution in [3.63, 3.8) is 0 Å². The molecular weight excluding hydrogens is 261 g/mol. The second-order valence-corrected chi connectivity index (χ2v) is 3.97. The number of nitrogens with zero attached hydrogens (tertiary/aromatic N) is 1. The Balaban J connectivity index is 2.33. The first kappa shape index (κ1) is 11.9. The molecule has 1 heterocycles. The fraction of sp³-hybridized carbons (Fsp3) is 0. The Kier molecular flexibility index (Phi) is 3.61. The Bertz CT molecular complexity index is 558. The van der Waals surface area contributed by atoms with Gasteiger partial charge in [0.05, 0.1) is 5.56 Å². The highest BCUT2D eigenvalue weighted by Crippen LogP contribution is 2.25. The van der Waals surface area contributed by atoms with E-state index in [1.165, 1.54) is 6.20 Å². The molecule has 0 bridgehead atoms. The van der Waals surface area contributed by atoms with Crippen LogP contribution in [0, 0.1) is 0 Å². The highest BCUT2D eigenvalue weighted by molar-refractivity contribution is 6.68. The number of halogens is 2. The van der Waals surface area contributed by atoms with Crippen molar-refractivity contribution in [1.82, 2.24) is 4.98 Å². The van der Waals surface area contributed by atoms with E-state index in [0.717, 1.165) is 0 Å². The van der Waals surface area contributed by atoms with Crippen molar-refractivity contribution in [3.8, 4) is 11.6 Å². The predicted molar refractivity (Wildman–Crippen MR) is 65.9 cm³/mol. The van der Waals surface area contributed by atoms with Crippen molar-refractivity contribution in [2.45, 2.75) is 0 Å². The Hall–Kier alpha value is -1.58. The number of benzene rings is 1. The second kappa shape index (κ2) is 5.17. The van der Waals surface area contributed by atoms with Gasteiger partial charge in [-0.05, 0) is 41.9 Å². The number of hydrogen-bond acceptors (Lipinski definition) is 3. The van der Waals surface area contributed by atoms with Crippen LogP contribution in [-0.2, 0) is 0 Å². The molecule has 0 radical (unpaired) electrons. The van der Waals surface area contributed by atoms with Crippen LogP contribution in [-0.4, -0.2) is 10.2 Å². The van der Waals surface area contributed by atoms with Crippen molar-refractivity contribution in [2.24, 2.45) is 0 Å². The summed E-state index contributed by atoms with van der Waals surface area (Å²) in [5, 5.41) is -0.0766. The molecule has 2 aromatic rings. The molecule has 0 aliphatic carbocycles. The number of aromatic nitrogens is 1. The molecule has 0 amide bonds. The van der Waals surface area contributed by atoms with Gasteiger partial charge in [0, 0.05) is 11.2 Å². The summed E-state index contributed by atoms with van der Waals surface area (Å²) in [5.74, 6) is 0.658. The summed E-state index contributed by atoms with van der Waals surface area (Å²) < 4.78 is 5.45. The van der Waals surface area contributed by atoms with Gasteiger partial charge in [0.25, 0.3) is 5.24 Å². The third-order valence-electron chi connectivity index (χ3n) is 1.99. The minimum Gasteiger partial charge on any atom is -0.438 e. The van der Waals surface area contributed by atoms with E-state index in [0.29, 0.717) is 10.8 Å². The average Bonchev–Trinajstić information content (AvgIpc) is 2.29. The Morgan fingerprint density at radius 3 is 2.76 bits per heavy atom. The summed E-state index contributed by atoms with van der Waals surface area (Å²) in [6, 6.07) is 9.95. The van der Waals surface area contributed by atoms with Crippen molar-refractivity contribution in [3.05, 3.63) is 53.2 Å². The quantitative estimate of drug-likeness (QED) is 0.792. The zero-order chi connectivity index (χ0) is 12.3. The van der Waals surface area contributed by atoms with E-state index in [-0.39, 0.29) is 11.4 Å². The number of pyridine rings is 1. The molecule has 0 aliphatic rings. The molecule has 0 aliphatic heterocycles. The van der Waals surface area contributed by atoms with Crippen LogP contribution in [0.1, 0.15) is 10.4 Å². The van der Waals surface area contributed by atoms with Gasteiger partial charge in [-0.2, -0.15) is 0 Å². The van der Waals surface area contributed by atoms with Gasteiger partial charge >= 0.3 is 0 Å². The van der Waals surface area contributed by atoms with Gasteiger partial charge in [-0.15, -0.1) is 0 Å². The van der Waals surface area contributed by atoms with Crippen LogP contribution in [0.25, 0.3) is 0 Å². The Labute approximate surface area is 108 Å². The lowest BCUT2D eigenvalue weighted by atomic mass is 10.3. The molecule has 0 fully saturated rings. The van der Waals surface area contributed by atoms with E-state index in [9.17, 15) is 4.79 Å². The lowest BCUT2D eigenvalue weighted by molar-refractivity contribution is 0.107. The molecule has 2 rings (SSSR count). The van der Waals surface area contributed by atoms with Gasteiger partial charge in [-0.3, -0.25) is 4.79 Å². The van der Waals surface area contributed by atoms with Gasteiger partial charge in [-0.25, -0.2) is 4.98 Å². The van der Waals surface area contributed by atoms with Crippen molar-refractivity contribution < 1.29 is 9.53 Å². The molecule has 0 unspecified atom stereocenters. The van der Waals surface area contributed by atoms with E-state index in [1.807, 2.05) is 0 Å². The van der Waals surface area contributed by atoms with Gasteiger partial charge in [-0.1, -0.05) is 17.7 Å². The number of ether oxygens (including phenoxy) is 1. The summed E-state index contributed by atoms with van der Waals surface area (Å²) in [4.78, 5) is 15.1. The summed E-state index contributed by atoms with van der Waals surface area (Å²) in [5.41, 5.74) is 0.217. The van der Waals surface area contributed by atoms with E-state index in [1.54, 1.807) is 36.4 Å². The molecule has 0 saturated heterocycles. The predicted octanol–water partition coefficient (Wildman–Crippen LogP) is 3.91. The molecule has 5 heteroatoms. The topological polar surface area (TPSA) is 39.2 Å². The largest absolute Gasteiger partial charge is 0.438 e. The molecular formula is C12H7Cl2NO2. The number of rotatable bonds is 3. The van der Waals surface area contributed by atoms with Gasteiger partial charge in [0.1, 0.15) is 5.75 Å². The Morgan fingerprint density at radius 2 is 2.06 bits per heavy atom. The molecule has 1 aromatic carbocycles. The molecule has 17 heavy (non-hydrogen) atoms. The summed E-state index contributed by atoms with van der Waals surface area (Å²) in [6.45, 7) is 0. The van der Waals surface area contributed by atoms with Crippen molar-refractivity contribution in [2.75, 3.05) is 0 Å². The zero-order valence-electron chi connectivity index (χ0n) is 8.56. The minimum absolute atomic E-state index is 0.162. The van der Waals surface area contributed by atoms with Crippen LogP contribution >= 0.6 is 23.2 Å². The number of hydrogen-bond donors (Lipinski definition) is 0. The first-order valence-corrected chi connectivity index (χ1v) is 5.50. The van der Waals surface area contributed by atoms with E-state index >= 15 is 0 Å². The highest BCUT2D eigenvalue weighted by atomic mass is 35.5. The average molecular weight is 268 g/mol. The highest BCUT2D eigenvalue weighted by Gasteiger charge is 2.11. The van der Waals surface area contributed by atoms with Crippen LogP contribution in [0.2, 0.25) is 5.02 Å². The standard InChI is InChI=1S/C12H7Cl2NO2/c13-8-3-1-4-9(7-8)17-12-10(11(14)16)5-2-6-15-12/h1-7H. The van der Waals surface area contributed by atoms with Gasteiger partial charge < -0.3 is 4.74 Å². The first-order chi connectivity index (χ1) is 8.16. The maximum Gasteiger partial charge on any atom is 0.257 e. The molecule has 1 aromatic heterocycles. The fourth-order valence-corrected chi connectivity index (χ4v) is 1.59. The van der Waals surface area contributed by atoms with E-state index < -0.39 is 5.24 Å². The lowest BCUT2D eigenvalue weighted by Gasteiger charge is -2.07. The van der Waals surface area contributed by atoms with Crippen LogP contribution in [0.15, 0.2) is 42.6 Å². The van der Waals surface area contributed by atoms with Crippen molar-refractivity contribution >= 4 is 28.4 Å². The van der Waals surface area contributed by atoms with Gasteiger partial charge in [0.15, 0.2) is 0 Å². The van der Waals surface area contributed by atoms with Gasteiger partial charge in [0.2, 0.25) is 5.88 Å². The zero-order valence-corrected chi connectivity index (χ0v) is 10.1. The van der Waals surface area contributed by atoms with Crippen LogP contribution in [0.3, 0.4) is 0 Å².